The Morgan fingerprint density at radius 2 is 2.23 bits per heavy atom. The highest BCUT2D eigenvalue weighted by Crippen LogP contribution is 2.35. The van der Waals surface area contributed by atoms with Crippen LogP contribution in [0.3, 0.4) is 0 Å². The van der Waals surface area contributed by atoms with Gasteiger partial charge < -0.3 is 5.11 Å². The molecule has 0 aliphatic heterocycles. The molecule has 2 nitrogen and oxygen atoms in total. The van der Waals surface area contributed by atoms with Gasteiger partial charge in [-0.3, -0.25) is 0 Å². The van der Waals surface area contributed by atoms with Crippen molar-refractivity contribution in [3.8, 4) is 5.75 Å². The summed E-state index contributed by atoms with van der Waals surface area (Å²) in [6.07, 6.45) is -1.55. The molecule has 1 rings (SSSR count). The number of pyridine rings is 1. The third-order valence-electron chi connectivity index (χ3n) is 1.49. The molecule has 0 aromatic carbocycles. The Balaban J connectivity index is 3.32. The zero-order valence-corrected chi connectivity index (χ0v) is 8.61. The lowest BCUT2D eigenvalue weighted by Crippen LogP contribution is -1.95. The van der Waals surface area contributed by atoms with E-state index in [2.05, 4.69) is 20.9 Å². The molecule has 0 saturated heterocycles. The molecule has 0 amide bonds. The first-order valence-electron chi connectivity index (χ1n) is 3.28. The Morgan fingerprint density at radius 3 is 2.69 bits per heavy atom. The van der Waals surface area contributed by atoms with Crippen molar-refractivity contribution in [2.24, 2.45) is 0 Å². The fourth-order valence-electron chi connectivity index (χ4n) is 0.878. The number of halogens is 4. The summed E-state index contributed by atoms with van der Waals surface area (Å²) in [5.41, 5.74) is -0.228. The fraction of sp³-hybridized carbons (Fsp3) is 0.286. The number of hydrogen-bond acceptors (Lipinski definition) is 2. The van der Waals surface area contributed by atoms with Gasteiger partial charge in [-0.05, 0) is 5.56 Å². The van der Waals surface area contributed by atoms with Gasteiger partial charge in [-0.1, -0.05) is 27.5 Å². The van der Waals surface area contributed by atoms with E-state index in [1.54, 1.807) is 0 Å². The van der Waals surface area contributed by atoms with Crippen LogP contribution in [0.4, 0.5) is 8.78 Å². The first kappa shape index (κ1) is 10.7. The molecule has 1 N–H and O–H groups in total. The molecule has 0 atom stereocenters. The van der Waals surface area contributed by atoms with Crippen LogP contribution in [-0.4, -0.2) is 10.1 Å². The van der Waals surface area contributed by atoms with Crippen LogP contribution in [0.2, 0.25) is 5.15 Å². The zero-order valence-electron chi connectivity index (χ0n) is 6.27. The summed E-state index contributed by atoms with van der Waals surface area (Å²) < 4.78 is 24.8. The summed E-state index contributed by atoms with van der Waals surface area (Å²) >= 11 is 8.38. The summed E-state index contributed by atoms with van der Waals surface area (Å²) in [4.78, 5) is 3.54. The van der Waals surface area contributed by atoms with Crippen LogP contribution in [0.1, 0.15) is 17.6 Å². The minimum Gasteiger partial charge on any atom is -0.504 e. The molecule has 0 saturated carbocycles. The topological polar surface area (TPSA) is 33.1 Å². The molecule has 1 aromatic heterocycles. The maximum absolute atomic E-state index is 12.4. The highest BCUT2D eigenvalue weighted by Gasteiger charge is 2.20. The maximum atomic E-state index is 12.4. The highest BCUT2D eigenvalue weighted by molar-refractivity contribution is 9.08. The predicted molar refractivity (Wildman–Crippen MR) is 48.5 cm³/mol. The van der Waals surface area contributed by atoms with E-state index in [1.807, 2.05) is 0 Å². The Bertz CT molecular complexity index is 322. The van der Waals surface area contributed by atoms with Crippen LogP contribution in [0, 0.1) is 0 Å². The van der Waals surface area contributed by atoms with E-state index in [9.17, 15) is 13.9 Å². The van der Waals surface area contributed by atoms with E-state index in [1.165, 1.54) is 6.20 Å². The summed E-state index contributed by atoms with van der Waals surface area (Å²) in [5.74, 6) is -0.645. The predicted octanol–water partition coefficient (Wildman–Crippen LogP) is 3.27. The third-order valence-corrected chi connectivity index (χ3v) is 2.37. The molecule has 13 heavy (non-hydrogen) atoms. The summed E-state index contributed by atoms with van der Waals surface area (Å²) in [6, 6.07) is 0. The third kappa shape index (κ3) is 2.08. The van der Waals surface area contributed by atoms with Crippen molar-refractivity contribution in [1.82, 2.24) is 4.98 Å². The second kappa shape index (κ2) is 4.19. The van der Waals surface area contributed by atoms with Gasteiger partial charge in [0.05, 0.1) is 5.56 Å². The highest BCUT2D eigenvalue weighted by atomic mass is 79.9. The average Bonchev–Trinajstić information content (AvgIpc) is 2.08. The van der Waals surface area contributed by atoms with Crippen LogP contribution >= 0.6 is 27.5 Å². The van der Waals surface area contributed by atoms with Crippen molar-refractivity contribution in [2.75, 3.05) is 0 Å². The van der Waals surface area contributed by atoms with E-state index in [0.29, 0.717) is 0 Å². The van der Waals surface area contributed by atoms with Crippen molar-refractivity contribution in [3.05, 3.63) is 22.5 Å². The van der Waals surface area contributed by atoms with Gasteiger partial charge in [-0.15, -0.1) is 0 Å². The Hall–Kier alpha value is -0.420. The SMILES string of the molecule is Oc1c(Cl)ncc(CBr)c1C(F)F. The normalized spacial score (nSPS) is 10.8. The van der Waals surface area contributed by atoms with E-state index in [-0.39, 0.29) is 16.0 Å². The Morgan fingerprint density at radius 1 is 1.62 bits per heavy atom. The molecule has 0 unspecified atom stereocenters. The number of hydrogen-bond donors (Lipinski definition) is 1. The molecular weight excluding hydrogens is 267 g/mol. The molecule has 0 aliphatic rings. The van der Waals surface area contributed by atoms with E-state index in [0.717, 1.165) is 0 Å². The van der Waals surface area contributed by atoms with E-state index in [4.69, 9.17) is 11.6 Å². The van der Waals surface area contributed by atoms with Gasteiger partial charge >= 0.3 is 0 Å². The van der Waals surface area contributed by atoms with Crippen LogP contribution in [0.25, 0.3) is 0 Å². The first-order valence-corrected chi connectivity index (χ1v) is 4.78. The average molecular weight is 272 g/mol. The molecule has 1 heterocycles. The monoisotopic (exact) mass is 271 g/mol. The molecule has 0 fully saturated rings. The lowest BCUT2D eigenvalue weighted by atomic mass is 10.1. The van der Waals surface area contributed by atoms with Gasteiger partial charge in [0.15, 0.2) is 10.9 Å². The zero-order chi connectivity index (χ0) is 10.0. The van der Waals surface area contributed by atoms with Crippen molar-refractivity contribution in [3.63, 3.8) is 0 Å². The number of aromatic nitrogens is 1. The minimum atomic E-state index is -2.76. The molecule has 6 heteroatoms. The van der Waals surface area contributed by atoms with Crippen molar-refractivity contribution in [1.29, 1.82) is 0 Å². The maximum Gasteiger partial charge on any atom is 0.267 e. The standard InChI is InChI=1S/C7H5BrClF2NO/c8-1-3-2-12-6(9)5(13)4(3)7(10)11/h2,7,13H,1H2. The lowest BCUT2D eigenvalue weighted by molar-refractivity contribution is 0.146. The summed E-state index contributed by atoms with van der Waals surface area (Å²) in [6.45, 7) is 0. The lowest BCUT2D eigenvalue weighted by Gasteiger charge is -2.08. The van der Waals surface area contributed by atoms with Crippen LogP contribution in [0.5, 0.6) is 5.75 Å². The number of rotatable bonds is 2. The second-order valence-corrected chi connectivity index (χ2v) is 3.19. The van der Waals surface area contributed by atoms with E-state index >= 15 is 0 Å². The van der Waals surface area contributed by atoms with Crippen molar-refractivity contribution in [2.45, 2.75) is 11.8 Å². The van der Waals surface area contributed by atoms with Gasteiger partial charge in [0.1, 0.15) is 0 Å². The minimum absolute atomic E-state index is 0.199. The fourth-order valence-corrected chi connectivity index (χ4v) is 1.48. The summed E-state index contributed by atoms with van der Waals surface area (Å²) in [7, 11) is 0. The number of alkyl halides is 3. The largest absolute Gasteiger partial charge is 0.504 e. The molecule has 0 radical (unpaired) electrons. The van der Waals surface area contributed by atoms with Gasteiger partial charge in [-0.2, -0.15) is 0 Å². The number of aromatic hydroxyl groups is 1. The molecule has 1 aromatic rings. The molecule has 0 spiro atoms. The number of nitrogens with zero attached hydrogens (tertiary/aromatic N) is 1. The molecular formula is C7H5BrClF2NO. The molecule has 0 aliphatic carbocycles. The summed E-state index contributed by atoms with van der Waals surface area (Å²) in [5, 5.41) is 9.08. The van der Waals surface area contributed by atoms with Gasteiger partial charge in [0.2, 0.25) is 0 Å². The second-order valence-electron chi connectivity index (χ2n) is 2.27. The van der Waals surface area contributed by atoms with E-state index < -0.39 is 17.7 Å². The molecule has 0 bridgehead atoms. The smallest absolute Gasteiger partial charge is 0.267 e. The Labute approximate surface area is 86.7 Å². The van der Waals surface area contributed by atoms with Crippen molar-refractivity contribution >= 4 is 27.5 Å². The first-order chi connectivity index (χ1) is 6.07. The van der Waals surface area contributed by atoms with Crippen LogP contribution in [0.15, 0.2) is 6.20 Å². The van der Waals surface area contributed by atoms with Crippen LogP contribution in [-0.2, 0) is 5.33 Å². The molecule has 72 valence electrons. The van der Waals surface area contributed by atoms with Gasteiger partial charge in [0.25, 0.3) is 6.43 Å². The van der Waals surface area contributed by atoms with Crippen LogP contribution < -0.4 is 0 Å². The van der Waals surface area contributed by atoms with Crippen molar-refractivity contribution < 1.29 is 13.9 Å². The van der Waals surface area contributed by atoms with Gasteiger partial charge in [-0.25, -0.2) is 13.8 Å². The quantitative estimate of drug-likeness (QED) is 0.662. The Kier molecular flexibility index (Phi) is 3.44. The van der Waals surface area contributed by atoms with Gasteiger partial charge in [0, 0.05) is 11.5 Å².